The zero-order valence-electron chi connectivity index (χ0n) is 14.0. The zero-order chi connectivity index (χ0) is 17.8. The summed E-state index contributed by atoms with van der Waals surface area (Å²) in [6.45, 7) is 4.92. The fourth-order valence-electron chi connectivity index (χ4n) is 2.83. The normalized spacial score (nSPS) is 14.1. The molecular formula is C19H19BrN4O. The summed E-state index contributed by atoms with van der Waals surface area (Å²) in [5, 5.41) is 12.0. The van der Waals surface area contributed by atoms with Gasteiger partial charge in [0.2, 0.25) is 0 Å². The van der Waals surface area contributed by atoms with Gasteiger partial charge in [-0.2, -0.15) is 5.26 Å². The SMILES string of the molecule is Cc1ccc(N2CCN(C(=O)Nc3ccccc3C#N)CC2)cc1Br. The van der Waals surface area contributed by atoms with E-state index in [0.29, 0.717) is 24.3 Å². The van der Waals surface area contributed by atoms with Gasteiger partial charge in [-0.05, 0) is 36.8 Å². The van der Waals surface area contributed by atoms with Crippen molar-refractivity contribution in [3.8, 4) is 6.07 Å². The van der Waals surface area contributed by atoms with E-state index in [1.165, 1.54) is 5.56 Å². The Labute approximate surface area is 156 Å². The van der Waals surface area contributed by atoms with Crippen LogP contribution in [0.25, 0.3) is 0 Å². The maximum absolute atomic E-state index is 12.5. The van der Waals surface area contributed by atoms with E-state index in [1.807, 2.05) is 6.07 Å². The van der Waals surface area contributed by atoms with E-state index < -0.39 is 0 Å². The lowest BCUT2D eigenvalue weighted by Gasteiger charge is -2.36. The summed E-state index contributed by atoms with van der Waals surface area (Å²) in [6, 6.07) is 15.3. The molecule has 1 aliphatic heterocycles. The maximum atomic E-state index is 12.5. The minimum atomic E-state index is -0.160. The second-order valence-corrected chi connectivity index (χ2v) is 6.85. The lowest BCUT2D eigenvalue weighted by molar-refractivity contribution is 0.208. The number of nitrogens with one attached hydrogen (secondary N) is 1. The van der Waals surface area contributed by atoms with E-state index in [0.717, 1.165) is 23.2 Å². The fraction of sp³-hybridized carbons (Fsp3) is 0.263. The Kier molecular flexibility index (Phi) is 5.25. The van der Waals surface area contributed by atoms with Crippen LogP contribution in [0.1, 0.15) is 11.1 Å². The van der Waals surface area contributed by atoms with Crippen LogP contribution in [0.3, 0.4) is 0 Å². The Hall–Kier alpha value is -2.52. The van der Waals surface area contributed by atoms with Crippen molar-refractivity contribution < 1.29 is 4.79 Å². The molecule has 1 fully saturated rings. The van der Waals surface area contributed by atoms with Gasteiger partial charge in [-0.25, -0.2) is 4.79 Å². The van der Waals surface area contributed by atoms with Crippen molar-refractivity contribution in [1.29, 1.82) is 5.26 Å². The van der Waals surface area contributed by atoms with Crippen LogP contribution in [0.5, 0.6) is 0 Å². The van der Waals surface area contributed by atoms with E-state index in [-0.39, 0.29) is 6.03 Å². The summed E-state index contributed by atoms with van der Waals surface area (Å²) in [6.07, 6.45) is 0. The zero-order valence-corrected chi connectivity index (χ0v) is 15.6. The summed E-state index contributed by atoms with van der Waals surface area (Å²) in [5.41, 5.74) is 3.39. The summed E-state index contributed by atoms with van der Waals surface area (Å²) in [4.78, 5) is 16.5. The Morgan fingerprint density at radius 2 is 1.88 bits per heavy atom. The topological polar surface area (TPSA) is 59.4 Å². The third kappa shape index (κ3) is 3.94. The van der Waals surface area contributed by atoms with Crippen molar-refractivity contribution >= 4 is 33.3 Å². The molecule has 1 saturated heterocycles. The van der Waals surface area contributed by atoms with Gasteiger partial charge in [0.1, 0.15) is 6.07 Å². The van der Waals surface area contributed by atoms with E-state index in [4.69, 9.17) is 5.26 Å². The molecule has 1 N–H and O–H groups in total. The highest BCUT2D eigenvalue weighted by molar-refractivity contribution is 9.10. The van der Waals surface area contributed by atoms with Gasteiger partial charge in [-0.3, -0.25) is 0 Å². The van der Waals surface area contributed by atoms with Crippen molar-refractivity contribution in [3.63, 3.8) is 0 Å². The first-order valence-corrected chi connectivity index (χ1v) is 8.94. The molecule has 0 radical (unpaired) electrons. The molecule has 2 aromatic rings. The first-order chi connectivity index (χ1) is 12.1. The van der Waals surface area contributed by atoms with Crippen molar-refractivity contribution in [2.24, 2.45) is 0 Å². The quantitative estimate of drug-likeness (QED) is 0.831. The third-order valence-electron chi connectivity index (χ3n) is 4.38. The van der Waals surface area contributed by atoms with Gasteiger partial charge >= 0.3 is 6.03 Å². The van der Waals surface area contributed by atoms with Crippen LogP contribution in [0.2, 0.25) is 0 Å². The summed E-state index contributed by atoms with van der Waals surface area (Å²) >= 11 is 3.57. The van der Waals surface area contributed by atoms with Crippen LogP contribution in [-0.4, -0.2) is 37.1 Å². The van der Waals surface area contributed by atoms with Crippen LogP contribution in [0, 0.1) is 18.3 Å². The number of benzene rings is 2. The number of nitrogens with zero attached hydrogens (tertiary/aromatic N) is 3. The van der Waals surface area contributed by atoms with Crippen LogP contribution in [0.4, 0.5) is 16.2 Å². The van der Waals surface area contributed by atoms with Gasteiger partial charge in [0.05, 0.1) is 11.3 Å². The Morgan fingerprint density at radius 1 is 1.16 bits per heavy atom. The lowest BCUT2D eigenvalue weighted by atomic mass is 10.2. The number of amides is 2. The average Bonchev–Trinajstić information content (AvgIpc) is 2.64. The monoisotopic (exact) mass is 398 g/mol. The van der Waals surface area contributed by atoms with Crippen LogP contribution < -0.4 is 10.2 Å². The molecule has 0 saturated carbocycles. The number of piperazine rings is 1. The van der Waals surface area contributed by atoms with Crippen molar-refractivity contribution in [1.82, 2.24) is 4.90 Å². The van der Waals surface area contributed by atoms with Crippen LogP contribution in [-0.2, 0) is 0 Å². The van der Waals surface area contributed by atoms with Crippen molar-refractivity contribution in [2.45, 2.75) is 6.92 Å². The number of carbonyl (C=O) groups excluding carboxylic acids is 1. The number of carbonyl (C=O) groups is 1. The first kappa shape index (κ1) is 17.3. The standard InChI is InChI=1S/C19H19BrN4O/c1-14-6-7-16(12-17(14)20)23-8-10-24(11-9-23)19(25)22-18-5-3-2-4-15(18)13-21/h2-7,12H,8-11H2,1H3,(H,22,25). The highest BCUT2D eigenvalue weighted by Crippen LogP contribution is 2.24. The second-order valence-electron chi connectivity index (χ2n) is 6.00. The predicted molar refractivity (Wildman–Crippen MR) is 103 cm³/mol. The molecule has 2 aromatic carbocycles. The summed E-state index contributed by atoms with van der Waals surface area (Å²) < 4.78 is 1.10. The average molecular weight is 399 g/mol. The number of rotatable bonds is 2. The van der Waals surface area contributed by atoms with E-state index in [9.17, 15) is 4.79 Å². The van der Waals surface area contributed by atoms with E-state index in [1.54, 1.807) is 23.1 Å². The number of urea groups is 1. The van der Waals surface area contributed by atoms with Gasteiger partial charge in [0.25, 0.3) is 0 Å². The van der Waals surface area contributed by atoms with Gasteiger partial charge in [0.15, 0.2) is 0 Å². The minimum Gasteiger partial charge on any atom is -0.368 e. The third-order valence-corrected chi connectivity index (χ3v) is 5.23. The number of hydrogen-bond acceptors (Lipinski definition) is 3. The summed E-state index contributed by atoms with van der Waals surface area (Å²) in [5.74, 6) is 0. The molecule has 0 aliphatic carbocycles. The minimum absolute atomic E-state index is 0.160. The molecule has 0 spiro atoms. The molecule has 0 atom stereocenters. The van der Waals surface area contributed by atoms with Gasteiger partial charge in [0, 0.05) is 36.3 Å². The molecule has 128 valence electrons. The Bertz CT molecular complexity index is 822. The number of hydrogen-bond donors (Lipinski definition) is 1. The predicted octanol–water partition coefficient (Wildman–Crippen LogP) is 3.98. The van der Waals surface area contributed by atoms with Gasteiger partial charge in [-0.1, -0.05) is 34.1 Å². The Balaban J connectivity index is 1.61. The molecule has 5 nitrogen and oxygen atoms in total. The number of halogens is 1. The molecule has 25 heavy (non-hydrogen) atoms. The number of nitriles is 1. The smallest absolute Gasteiger partial charge is 0.322 e. The number of anilines is 2. The second kappa shape index (κ2) is 7.58. The molecule has 2 amide bonds. The van der Waals surface area contributed by atoms with Crippen LogP contribution in [0.15, 0.2) is 46.9 Å². The first-order valence-electron chi connectivity index (χ1n) is 8.14. The molecule has 1 heterocycles. The van der Waals surface area contributed by atoms with Gasteiger partial charge < -0.3 is 15.1 Å². The van der Waals surface area contributed by atoms with Crippen molar-refractivity contribution in [3.05, 3.63) is 58.1 Å². The molecule has 0 bridgehead atoms. The molecular weight excluding hydrogens is 380 g/mol. The van der Waals surface area contributed by atoms with E-state index in [2.05, 4.69) is 57.3 Å². The maximum Gasteiger partial charge on any atom is 0.322 e. The number of aryl methyl sites for hydroxylation is 1. The fourth-order valence-corrected chi connectivity index (χ4v) is 3.20. The van der Waals surface area contributed by atoms with Crippen LogP contribution >= 0.6 is 15.9 Å². The number of para-hydroxylation sites is 1. The highest BCUT2D eigenvalue weighted by atomic mass is 79.9. The largest absolute Gasteiger partial charge is 0.368 e. The molecule has 3 rings (SSSR count). The van der Waals surface area contributed by atoms with E-state index >= 15 is 0 Å². The molecule has 0 unspecified atom stereocenters. The Morgan fingerprint density at radius 3 is 2.56 bits per heavy atom. The summed E-state index contributed by atoms with van der Waals surface area (Å²) in [7, 11) is 0. The van der Waals surface area contributed by atoms with Crippen molar-refractivity contribution in [2.75, 3.05) is 36.4 Å². The lowest BCUT2D eigenvalue weighted by Crippen LogP contribution is -2.50. The molecule has 1 aliphatic rings. The molecule has 6 heteroatoms. The van der Waals surface area contributed by atoms with Gasteiger partial charge in [-0.15, -0.1) is 0 Å². The highest BCUT2D eigenvalue weighted by Gasteiger charge is 2.22. The molecule has 0 aromatic heterocycles.